The average Bonchev–Trinajstić information content (AvgIpc) is 2.94. The summed E-state index contributed by atoms with van der Waals surface area (Å²) in [5.74, 6) is -0.525. The standard InChI is InChI=1S/C16H18N2O3/c19-15(20)9-11-4-7-18(8-5-11)16(21)13-1-2-14-12(10-13)3-6-17-14/h1-3,6,10-11,17H,4-5,7-9H2,(H,19,20). The highest BCUT2D eigenvalue weighted by molar-refractivity contribution is 5.98. The Balaban J connectivity index is 1.67. The topological polar surface area (TPSA) is 73.4 Å². The number of carbonyl (C=O) groups is 2. The van der Waals surface area contributed by atoms with Crippen LogP contribution in [-0.4, -0.2) is 40.0 Å². The molecule has 21 heavy (non-hydrogen) atoms. The molecule has 1 amide bonds. The van der Waals surface area contributed by atoms with Crippen molar-refractivity contribution < 1.29 is 14.7 Å². The van der Waals surface area contributed by atoms with Crippen LogP contribution in [0.3, 0.4) is 0 Å². The molecule has 0 spiro atoms. The third-order valence-electron chi connectivity index (χ3n) is 4.17. The fraction of sp³-hybridized carbons (Fsp3) is 0.375. The van der Waals surface area contributed by atoms with Gasteiger partial charge >= 0.3 is 5.97 Å². The number of aromatic amines is 1. The molecule has 1 aromatic carbocycles. The predicted octanol–water partition coefficient (Wildman–Crippen LogP) is 2.49. The molecule has 0 bridgehead atoms. The summed E-state index contributed by atoms with van der Waals surface area (Å²) < 4.78 is 0. The Labute approximate surface area is 122 Å². The first kappa shape index (κ1) is 13.7. The van der Waals surface area contributed by atoms with Crippen molar-refractivity contribution >= 4 is 22.8 Å². The van der Waals surface area contributed by atoms with Crippen LogP contribution in [0, 0.1) is 5.92 Å². The number of nitrogens with zero attached hydrogens (tertiary/aromatic N) is 1. The maximum atomic E-state index is 12.5. The average molecular weight is 286 g/mol. The Kier molecular flexibility index (Phi) is 3.64. The Bertz CT molecular complexity index is 669. The number of aliphatic carboxylic acids is 1. The Morgan fingerprint density at radius 1 is 1.24 bits per heavy atom. The molecule has 2 aromatic rings. The summed E-state index contributed by atoms with van der Waals surface area (Å²) in [5, 5.41) is 9.84. The molecule has 1 aliphatic rings. The van der Waals surface area contributed by atoms with Crippen molar-refractivity contribution in [1.29, 1.82) is 0 Å². The van der Waals surface area contributed by atoms with Gasteiger partial charge in [0.25, 0.3) is 5.91 Å². The lowest BCUT2D eigenvalue weighted by atomic mass is 9.93. The second-order valence-corrected chi connectivity index (χ2v) is 5.61. The number of H-pyrrole nitrogens is 1. The van der Waals surface area contributed by atoms with Crippen LogP contribution in [0.1, 0.15) is 29.6 Å². The van der Waals surface area contributed by atoms with Gasteiger partial charge < -0.3 is 15.0 Å². The molecule has 110 valence electrons. The molecule has 5 nitrogen and oxygen atoms in total. The van der Waals surface area contributed by atoms with Gasteiger partial charge in [-0.05, 0) is 43.0 Å². The second-order valence-electron chi connectivity index (χ2n) is 5.61. The van der Waals surface area contributed by atoms with Crippen LogP contribution < -0.4 is 0 Å². The maximum absolute atomic E-state index is 12.5. The van der Waals surface area contributed by atoms with Crippen LogP contribution in [0.5, 0.6) is 0 Å². The van der Waals surface area contributed by atoms with Crippen LogP contribution in [0.4, 0.5) is 0 Å². The van der Waals surface area contributed by atoms with Gasteiger partial charge in [-0.25, -0.2) is 0 Å². The minimum absolute atomic E-state index is 0.0341. The van der Waals surface area contributed by atoms with Crippen LogP contribution in [-0.2, 0) is 4.79 Å². The number of nitrogens with one attached hydrogen (secondary N) is 1. The summed E-state index contributed by atoms with van der Waals surface area (Å²) in [6.07, 6.45) is 3.60. The quantitative estimate of drug-likeness (QED) is 0.910. The Morgan fingerprint density at radius 3 is 2.71 bits per heavy atom. The smallest absolute Gasteiger partial charge is 0.303 e. The molecular weight excluding hydrogens is 268 g/mol. The summed E-state index contributed by atoms with van der Waals surface area (Å²) in [4.78, 5) is 28.1. The van der Waals surface area contributed by atoms with Crippen molar-refractivity contribution in [2.24, 2.45) is 5.92 Å². The van der Waals surface area contributed by atoms with Crippen molar-refractivity contribution in [2.45, 2.75) is 19.3 Å². The summed E-state index contributed by atoms with van der Waals surface area (Å²) in [6.45, 7) is 1.28. The van der Waals surface area contributed by atoms with E-state index in [0.717, 1.165) is 23.7 Å². The van der Waals surface area contributed by atoms with Crippen molar-refractivity contribution in [3.8, 4) is 0 Å². The lowest BCUT2D eigenvalue weighted by molar-refractivity contribution is -0.138. The first-order valence-electron chi connectivity index (χ1n) is 7.21. The number of carbonyl (C=O) groups excluding carboxylic acids is 1. The van der Waals surface area contributed by atoms with E-state index >= 15 is 0 Å². The fourth-order valence-corrected chi connectivity index (χ4v) is 2.96. The lowest BCUT2D eigenvalue weighted by Gasteiger charge is -2.31. The van der Waals surface area contributed by atoms with E-state index in [0.29, 0.717) is 18.7 Å². The predicted molar refractivity (Wildman–Crippen MR) is 79.2 cm³/mol. The number of piperidine rings is 1. The number of aromatic nitrogens is 1. The van der Waals surface area contributed by atoms with Gasteiger partial charge in [0.15, 0.2) is 0 Å². The van der Waals surface area contributed by atoms with E-state index in [1.165, 1.54) is 0 Å². The minimum Gasteiger partial charge on any atom is -0.481 e. The molecule has 0 radical (unpaired) electrons. The van der Waals surface area contributed by atoms with Crippen molar-refractivity contribution in [3.05, 3.63) is 36.0 Å². The van der Waals surface area contributed by atoms with Gasteiger partial charge in [0.2, 0.25) is 0 Å². The number of benzene rings is 1. The largest absolute Gasteiger partial charge is 0.481 e. The summed E-state index contributed by atoms with van der Waals surface area (Å²) in [7, 11) is 0. The minimum atomic E-state index is -0.752. The molecule has 3 rings (SSSR count). The molecule has 2 N–H and O–H groups in total. The first-order valence-corrected chi connectivity index (χ1v) is 7.21. The molecule has 0 atom stereocenters. The molecule has 0 unspecified atom stereocenters. The van der Waals surface area contributed by atoms with Gasteiger partial charge in [-0.1, -0.05) is 0 Å². The van der Waals surface area contributed by atoms with E-state index in [4.69, 9.17) is 5.11 Å². The fourth-order valence-electron chi connectivity index (χ4n) is 2.96. The molecule has 1 fully saturated rings. The Hall–Kier alpha value is -2.30. The van der Waals surface area contributed by atoms with Crippen LogP contribution in [0.15, 0.2) is 30.5 Å². The maximum Gasteiger partial charge on any atom is 0.303 e. The third-order valence-corrected chi connectivity index (χ3v) is 4.17. The molecular formula is C16H18N2O3. The third kappa shape index (κ3) is 2.91. The number of carboxylic acids is 1. The molecule has 0 saturated carbocycles. The highest BCUT2D eigenvalue weighted by atomic mass is 16.4. The zero-order chi connectivity index (χ0) is 14.8. The van der Waals surface area contributed by atoms with Gasteiger partial charge in [0, 0.05) is 42.2 Å². The molecule has 1 aromatic heterocycles. The number of hydrogen-bond acceptors (Lipinski definition) is 2. The summed E-state index contributed by atoms with van der Waals surface area (Å²) in [6, 6.07) is 7.60. The molecule has 1 aliphatic heterocycles. The summed E-state index contributed by atoms with van der Waals surface area (Å²) >= 11 is 0. The number of hydrogen-bond donors (Lipinski definition) is 2. The normalized spacial score (nSPS) is 16.3. The van der Waals surface area contributed by atoms with Crippen LogP contribution >= 0.6 is 0 Å². The highest BCUT2D eigenvalue weighted by Crippen LogP contribution is 2.23. The van der Waals surface area contributed by atoms with Crippen molar-refractivity contribution in [3.63, 3.8) is 0 Å². The van der Waals surface area contributed by atoms with E-state index in [-0.39, 0.29) is 18.2 Å². The highest BCUT2D eigenvalue weighted by Gasteiger charge is 2.25. The van der Waals surface area contributed by atoms with Crippen LogP contribution in [0.2, 0.25) is 0 Å². The first-order chi connectivity index (χ1) is 10.1. The number of fused-ring (bicyclic) bond motifs is 1. The zero-order valence-electron chi connectivity index (χ0n) is 11.7. The SMILES string of the molecule is O=C(O)CC1CCN(C(=O)c2ccc3[nH]ccc3c2)CC1. The molecule has 0 aliphatic carbocycles. The summed E-state index contributed by atoms with van der Waals surface area (Å²) in [5.41, 5.74) is 1.71. The number of rotatable bonds is 3. The molecule has 5 heteroatoms. The number of amides is 1. The van der Waals surface area contributed by atoms with Crippen molar-refractivity contribution in [2.75, 3.05) is 13.1 Å². The van der Waals surface area contributed by atoms with E-state index in [1.54, 1.807) is 0 Å². The molecule has 2 heterocycles. The van der Waals surface area contributed by atoms with Gasteiger partial charge in [-0.2, -0.15) is 0 Å². The van der Waals surface area contributed by atoms with E-state index in [9.17, 15) is 9.59 Å². The van der Waals surface area contributed by atoms with Gasteiger partial charge in [-0.15, -0.1) is 0 Å². The van der Waals surface area contributed by atoms with E-state index < -0.39 is 5.97 Å². The van der Waals surface area contributed by atoms with E-state index in [1.807, 2.05) is 35.4 Å². The monoisotopic (exact) mass is 286 g/mol. The lowest BCUT2D eigenvalue weighted by Crippen LogP contribution is -2.38. The Morgan fingerprint density at radius 2 is 2.00 bits per heavy atom. The number of carboxylic acid groups (broad SMARTS) is 1. The van der Waals surface area contributed by atoms with Gasteiger partial charge in [0.05, 0.1) is 0 Å². The van der Waals surface area contributed by atoms with Crippen molar-refractivity contribution in [1.82, 2.24) is 9.88 Å². The van der Waals surface area contributed by atoms with E-state index in [2.05, 4.69) is 4.98 Å². The van der Waals surface area contributed by atoms with Gasteiger partial charge in [0.1, 0.15) is 0 Å². The van der Waals surface area contributed by atoms with Gasteiger partial charge in [-0.3, -0.25) is 9.59 Å². The second kappa shape index (κ2) is 5.60. The van der Waals surface area contributed by atoms with Crippen LogP contribution in [0.25, 0.3) is 10.9 Å². The zero-order valence-corrected chi connectivity index (χ0v) is 11.7. The number of likely N-dealkylation sites (tertiary alicyclic amines) is 1. The molecule has 1 saturated heterocycles.